The zero-order valence-electron chi connectivity index (χ0n) is 11.9. The molecule has 0 aliphatic rings. The van der Waals surface area contributed by atoms with Gasteiger partial charge in [-0.1, -0.05) is 49.6 Å². The number of rotatable bonds is 4. The van der Waals surface area contributed by atoms with Crippen molar-refractivity contribution in [3.8, 4) is 0 Å². The van der Waals surface area contributed by atoms with E-state index in [4.69, 9.17) is 5.11 Å². The normalized spacial score (nSPS) is 10.2. The van der Waals surface area contributed by atoms with E-state index in [1.54, 1.807) is 17.0 Å². The molecule has 0 spiro atoms. The Balaban J connectivity index is 0.000000211. The van der Waals surface area contributed by atoms with Gasteiger partial charge in [-0.05, 0) is 18.1 Å². The minimum atomic E-state index is -0.918. The van der Waals surface area contributed by atoms with Gasteiger partial charge in [0.25, 0.3) is 0 Å². The largest absolute Gasteiger partial charge is 0.478 e. The predicted octanol–water partition coefficient (Wildman–Crippen LogP) is 3.80. The van der Waals surface area contributed by atoms with Crippen LogP contribution in [0.5, 0.6) is 0 Å². The van der Waals surface area contributed by atoms with Gasteiger partial charge in [0.2, 0.25) is 0 Å². The average Bonchev–Trinajstić information content (AvgIpc) is 3.01. The standard InChI is InChI=1S/C10H10.C7H8N2O2/c1-3-9-5-7-10(4-2)8-6-9;1-6(7(10)11)4-9-3-2-8-5-9/h3-8H,1-2H2;2-5H,1H3,(H,10,11). The van der Waals surface area contributed by atoms with Gasteiger partial charge in [-0.15, -0.1) is 0 Å². The van der Waals surface area contributed by atoms with Crippen LogP contribution in [0.2, 0.25) is 0 Å². The quantitative estimate of drug-likeness (QED) is 0.868. The Morgan fingerprint density at radius 3 is 2.05 bits per heavy atom. The van der Waals surface area contributed by atoms with Crippen molar-refractivity contribution in [1.82, 2.24) is 9.55 Å². The molecule has 1 aromatic heterocycles. The maximum absolute atomic E-state index is 10.3. The maximum Gasteiger partial charge on any atom is 0.332 e. The smallest absolute Gasteiger partial charge is 0.332 e. The molecule has 0 saturated heterocycles. The van der Waals surface area contributed by atoms with E-state index >= 15 is 0 Å². The van der Waals surface area contributed by atoms with Crippen molar-refractivity contribution in [3.05, 3.63) is 72.8 Å². The van der Waals surface area contributed by atoms with Gasteiger partial charge in [-0.25, -0.2) is 9.78 Å². The first-order valence-electron chi connectivity index (χ1n) is 6.31. The Hall–Kier alpha value is -2.88. The second-order valence-electron chi connectivity index (χ2n) is 4.20. The van der Waals surface area contributed by atoms with Gasteiger partial charge < -0.3 is 9.67 Å². The molecule has 0 saturated carbocycles. The molecule has 0 amide bonds. The summed E-state index contributed by atoms with van der Waals surface area (Å²) in [6.07, 6.45) is 9.94. The molecule has 0 bridgehead atoms. The van der Waals surface area contributed by atoms with E-state index in [9.17, 15) is 4.79 Å². The number of carboxylic acids is 1. The lowest BCUT2D eigenvalue weighted by molar-refractivity contribution is -0.132. The summed E-state index contributed by atoms with van der Waals surface area (Å²) in [7, 11) is 0. The lowest BCUT2D eigenvalue weighted by Gasteiger charge is -1.92. The van der Waals surface area contributed by atoms with Crippen LogP contribution in [0.1, 0.15) is 18.1 Å². The Kier molecular flexibility index (Phi) is 6.41. The fourth-order valence-electron chi connectivity index (χ4n) is 1.39. The summed E-state index contributed by atoms with van der Waals surface area (Å²) in [6.45, 7) is 8.85. The number of hydrogen-bond donors (Lipinski definition) is 1. The van der Waals surface area contributed by atoms with Crippen molar-refractivity contribution in [1.29, 1.82) is 0 Å². The Morgan fingerprint density at radius 2 is 1.71 bits per heavy atom. The van der Waals surface area contributed by atoms with Gasteiger partial charge in [0.15, 0.2) is 0 Å². The van der Waals surface area contributed by atoms with Crippen LogP contribution < -0.4 is 0 Å². The molecule has 1 N–H and O–H groups in total. The van der Waals surface area contributed by atoms with Crippen molar-refractivity contribution in [2.24, 2.45) is 0 Å². The third kappa shape index (κ3) is 5.74. The second-order valence-corrected chi connectivity index (χ2v) is 4.20. The molecule has 108 valence electrons. The SMILES string of the molecule is C=Cc1ccc(C=C)cc1.CC(=Cn1ccnc1)C(=O)O. The first-order valence-corrected chi connectivity index (χ1v) is 6.31. The summed E-state index contributed by atoms with van der Waals surface area (Å²) in [5.74, 6) is -0.918. The lowest BCUT2D eigenvalue weighted by atomic mass is 10.1. The van der Waals surface area contributed by atoms with Gasteiger partial charge in [-0.2, -0.15) is 0 Å². The van der Waals surface area contributed by atoms with Crippen LogP contribution in [0.3, 0.4) is 0 Å². The van der Waals surface area contributed by atoms with Gasteiger partial charge in [0, 0.05) is 18.6 Å². The van der Waals surface area contributed by atoms with Crippen LogP contribution in [-0.2, 0) is 4.79 Å². The van der Waals surface area contributed by atoms with Crippen molar-refractivity contribution < 1.29 is 9.90 Å². The summed E-state index contributed by atoms with van der Waals surface area (Å²) in [6, 6.07) is 8.07. The Bertz CT molecular complexity index is 596. The first kappa shape index (κ1) is 16.2. The highest BCUT2D eigenvalue weighted by Gasteiger charge is 1.97. The predicted molar refractivity (Wildman–Crippen MR) is 86.4 cm³/mol. The molecule has 0 fully saturated rings. The molecule has 1 aromatic carbocycles. The Labute approximate surface area is 124 Å². The van der Waals surface area contributed by atoms with Gasteiger partial charge in [0.1, 0.15) is 0 Å². The number of carboxylic acid groups (broad SMARTS) is 1. The average molecular weight is 282 g/mol. The van der Waals surface area contributed by atoms with E-state index in [1.165, 1.54) is 19.5 Å². The van der Waals surface area contributed by atoms with E-state index in [0.717, 1.165) is 11.1 Å². The molecule has 2 rings (SSSR count). The number of carbonyl (C=O) groups is 1. The maximum atomic E-state index is 10.3. The van der Waals surface area contributed by atoms with Crippen molar-refractivity contribution >= 4 is 24.3 Å². The summed E-state index contributed by atoms with van der Waals surface area (Å²) in [5.41, 5.74) is 2.57. The molecule has 0 radical (unpaired) electrons. The number of aliphatic carboxylic acids is 1. The van der Waals surface area contributed by atoms with Crippen LogP contribution in [0.25, 0.3) is 18.4 Å². The first-order chi connectivity index (χ1) is 10.1. The van der Waals surface area contributed by atoms with Gasteiger partial charge in [-0.3, -0.25) is 0 Å². The highest BCUT2D eigenvalue weighted by molar-refractivity contribution is 5.89. The van der Waals surface area contributed by atoms with E-state index < -0.39 is 5.97 Å². The molecular weight excluding hydrogens is 264 g/mol. The minimum Gasteiger partial charge on any atom is -0.478 e. The number of nitrogens with zero attached hydrogens (tertiary/aromatic N) is 2. The van der Waals surface area contributed by atoms with E-state index in [2.05, 4.69) is 18.1 Å². The van der Waals surface area contributed by atoms with Crippen LogP contribution >= 0.6 is 0 Å². The fraction of sp³-hybridized carbons (Fsp3) is 0.0588. The summed E-state index contributed by atoms with van der Waals surface area (Å²) < 4.78 is 1.59. The Morgan fingerprint density at radius 1 is 1.19 bits per heavy atom. The number of benzene rings is 1. The fourth-order valence-corrected chi connectivity index (χ4v) is 1.39. The van der Waals surface area contributed by atoms with E-state index in [0.29, 0.717) is 0 Å². The minimum absolute atomic E-state index is 0.281. The van der Waals surface area contributed by atoms with Gasteiger partial charge >= 0.3 is 5.97 Å². The molecule has 1 heterocycles. The van der Waals surface area contributed by atoms with Crippen LogP contribution in [0, 0.1) is 0 Å². The van der Waals surface area contributed by atoms with Crippen LogP contribution in [-0.4, -0.2) is 20.6 Å². The highest BCUT2D eigenvalue weighted by Crippen LogP contribution is 2.05. The molecule has 21 heavy (non-hydrogen) atoms. The number of imidazole rings is 1. The van der Waals surface area contributed by atoms with Crippen LogP contribution in [0.15, 0.2) is 61.7 Å². The molecule has 0 aliphatic heterocycles. The van der Waals surface area contributed by atoms with E-state index in [-0.39, 0.29) is 5.57 Å². The summed E-state index contributed by atoms with van der Waals surface area (Å²) in [5, 5.41) is 8.48. The molecule has 0 unspecified atom stereocenters. The number of hydrogen-bond acceptors (Lipinski definition) is 2. The third-order valence-electron chi connectivity index (χ3n) is 2.61. The molecular formula is C17H18N2O2. The molecule has 4 heteroatoms. The second kappa shape index (κ2) is 8.32. The third-order valence-corrected chi connectivity index (χ3v) is 2.61. The molecule has 2 aromatic rings. The molecule has 0 aliphatic carbocycles. The van der Waals surface area contributed by atoms with Crippen molar-refractivity contribution in [2.45, 2.75) is 6.92 Å². The number of aromatic nitrogens is 2. The zero-order chi connectivity index (χ0) is 15.7. The van der Waals surface area contributed by atoms with Crippen LogP contribution in [0.4, 0.5) is 0 Å². The highest BCUT2D eigenvalue weighted by atomic mass is 16.4. The van der Waals surface area contributed by atoms with Crippen molar-refractivity contribution in [2.75, 3.05) is 0 Å². The van der Waals surface area contributed by atoms with Gasteiger partial charge in [0.05, 0.1) is 11.9 Å². The summed E-state index contributed by atoms with van der Waals surface area (Å²) in [4.78, 5) is 14.1. The van der Waals surface area contributed by atoms with Crippen molar-refractivity contribution in [3.63, 3.8) is 0 Å². The van der Waals surface area contributed by atoms with E-state index in [1.807, 2.05) is 36.4 Å². The molecule has 4 nitrogen and oxygen atoms in total. The monoisotopic (exact) mass is 282 g/mol. The lowest BCUT2D eigenvalue weighted by Crippen LogP contribution is -1.97. The zero-order valence-corrected chi connectivity index (χ0v) is 11.9. The molecule has 0 atom stereocenters. The summed E-state index contributed by atoms with van der Waals surface area (Å²) >= 11 is 0. The topological polar surface area (TPSA) is 55.1 Å².